The fraction of sp³-hybridized carbons (Fsp3) is 0.500. The van der Waals surface area contributed by atoms with Crippen LogP contribution < -0.4 is 4.74 Å². The first-order valence-corrected chi connectivity index (χ1v) is 6.17. The fourth-order valence-corrected chi connectivity index (χ4v) is 1.98. The molecule has 0 radical (unpaired) electrons. The molecule has 2 rings (SSSR count). The maximum atomic E-state index is 10.3. The van der Waals surface area contributed by atoms with Gasteiger partial charge < -0.3 is 9.84 Å². The summed E-state index contributed by atoms with van der Waals surface area (Å²) in [5.74, 6) is 0.900. The van der Waals surface area contributed by atoms with Gasteiger partial charge in [0, 0.05) is 5.56 Å². The van der Waals surface area contributed by atoms with E-state index in [1.807, 2.05) is 27.7 Å². The molecule has 0 unspecified atom stereocenters. The van der Waals surface area contributed by atoms with Crippen LogP contribution >= 0.6 is 0 Å². The number of phenols is 1. The van der Waals surface area contributed by atoms with E-state index in [9.17, 15) is 10.3 Å². The molecule has 5 heteroatoms. The maximum Gasteiger partial charge on any atom is 0.161 e. The zero-order chi connectivity index (χ0) is 14.4. The van der Waals surface area contributed by atoms with E-state index in [0.29, 0.717) is 17.1 Å². The Hall–Kier alpha value is -1.75. The molecule has 1 aromatic carbocycles. The number of nitrogens with zero attached hydrogens (tertiary/aromatic N) is 2. The molecule has 2 N–H and O–H groups in total. The molecule has 5 nitrogen and oxygen atoms in total. The molecule has 0 fully saturated rings. The van der Waals surface area contributed by atoms with Crippen molar-refractivity contribution in [2.24, 2.45) is 4.99 Å². The minimum Gasteiger partial charge on any atom is -0.504 e. The largest absolute Gasteiger partial charge is 0.504 e. The summed E-state index contributed by atoms with van der Waals surface area (Å²) in [6.07, 6.45) is 0. The van der Waals surface area contributed by atoms with E-state index in [-0.39, 0.29) is 5.75 Å². The van der Waals surface area contributed by atoms with Crippen LogP contribution in [0.1, 0.15) is 33.3 Å². The molecule has 0 aromatic heterocycles. The van der Waals surface area contributed by atoms with Crippen molar-refractivity contribution < 1.29 is 15.1 Å². The monoisotopic (exact) mass is 264 g/mol. The van der Waals surface area contributed by atoms with Crippen molar-refractivity contribution in [1.82, 2.24) is 5.06 Å². The molecule has 0 spiro atoms. The molecule has 0 aliphatic carbocycles. The topological polar surface area (TPSA) is 65.3 Å². The van der Waals surface area contributed by atoms with E-state index >= 15 is 0 Å². The molecule has 0 bridgehead atoms. The van der Waals surface area contributed by atoms with Gasteiger partial charge in [0.25, 0.3) is 0 Å². The highest BCUT2D eigenvalue weighted by atomic mass is 16.5. The summed E-state index contributed by atoms with van der Waals surface area (Å²) in [7, 11) is 1.49. The lowest BCUT2D eigenvalue weighted by atomic mass is 9.84. The SMILES string of the molecule is COc1cc(C2=NC(C)(C)C(C)(C)N2O)ccc1O. The molecule has 104 valence electrons. The van der Waals surface area contributed by atoms with Gasteiger partial charge in [-0.05, 0) is 45.9 Å². The maximum absolute atomic E-state index is 10.3. The number of hydroxylamine groups is 2. The lowest BCUT2D eigenvalue weighted by molar-refractivity contribution is -0.0992. The molecule has 0 atom stereocenters. The average molecular weight is 264 g/mol. The quantitative estimate of drug-likeness (QED) is 0.861. The molecule has 1 aliphatic heterocycles. The van der Waals surface area contributed by atoms with Crippen LogP contribution in [-0.2, 0) is 0 Å². The molecule has 0 saturated heterocycles. The van der Waals surface area contributed by atoms with Crippen LogP contribution in [0.15, 0.2) is 23.2 Å². The summed E-state index contributed by atoms with van der Waals surface area (Å²) < 4.78 is 5.08. The van der Waals surface area contributed by atoms with Crippen LogP contribution in [0, 0.1) is 0 Å². The van der Waals surface area contributed by atoms with E-state index in [4.69, 9.17) is 4.74 Å². The Labute approximate surface area is 113 Å². The molecule has 19 heavy (non-hydrogen) atoms. The zero-order valence-corrected chi connectivity index (χ0v) is 11.9. The summed E-state index contributed by atoms with van der Waals surface area (Å²) in [5.41, 5.74) is -0.217. The van der Waals surface area contributed by atoms with Crippen LogP contribution in [-0.4, -0.2) is 39.4 Å². The smallest absolute Gasteiger partial charge is 0.161 e. The van der Waals surface area contributed by atoms with Gasteiger partial charge in [-0.1, -0.05) is 0 Å². The molecule has 1 heterocycles. The normalized spacial score (nSPS) is 20.3. The lowest BCUT2D eigenvalue weighted by Gasteiger charge is -2.36. The second-order valence-electron chi connectivity index (χ2n) is 5.75. The van der Waals surface area contributed by atoms with Crippen LogP contribution in [0.5, 0.6) is 11.5 Å². The third-order valence-electron chi connectivity index (χ3n) is 4.05. The van der Waals surface area contributed by atoms with Crippen molar-refractivity contribution in [3.8, 4) is 11.5 Å². The highest BCUT2D eigenvalue weighted by molar-refractivity contribution is 6.00. The van der Waals surface area contributed by atoms with E-state index < -0.39 is 11.1 Å². The van der Waals surface area contributed by atoms with Crippen LogP contribution in [0.3, 0.4) is 0 Å². The number of amidine groups is 1. The van der Waals surface area contributed by atoms with Crippen molar-refractivity contribution >= 4 is 5.84 Å². The van der Waals surface area contributed by atoms with Crippen LogP contribution in [0.4, 0.5) is 0 Å². The number of phenolic OH excluding ortho intramolecular Hbond substituents is 1. The number of aromatic hydroxyl groups is 1. The van der Waals surface area contributed by atoms with Crippen molar-refractivity contribution in [2.75, 3.05) is 7.11 Å². The van der Waals surface area contributed by atoms with Crippen molar-refractivity contribution in [2.45, 2.75) is 38.8 Å². The van der Waals surface area contributed by atoms with E-state index in [1.165, 1.54) is 18.2 Å². The Balaban J connectivity index is 2.49. The standard InChI is InChI=1S/C14H20N2O3/c1-13(2)14(3,4)16(18)12(15-13)9-6-7-10(17)11(8-9)19-5/h6-8,17-18H,1-5H3. The zero-order valence-electron chi connectivity index (χ0n) is 11.9. The minimum absolute atomic E-state index is 0.0628. The Morgan fingerprint density at radius 2 is 1.84 bits per heavy atom. The second kappa shape index (κ2) is 4.13. The first kappa shape index (κ1) is 13.7. The molecular formula is C14H20N2O3. The van der Waals surface area contributed by atoms with Crippen molar-refractivity contribution in [1.29, 1.82) is 0 Å². The second-order valence-corrected chi connectivity index (χ2v) is 5.75. The van der Waals surface area contributed by atoms with Gasteiger partial charge >= 0.3 is 0 Å². The highest BCUT2D eigenvalue weighted by Crippen LogP contribution is 2.38. The molecule has 1 aromatic rings. The summed E-state index contributed by atoms with van der Waals surface area (Å²) in [5, 5.41) is 21.1. The molecule has 0 amide bonds. The van der Waals surface area contributed by atoms with Crippen molar-refractivity contribution in [3.05, 3.63) is 23.8 Å². The van der Waals surface area contributed by atoms with Gasteiger partial charge in [0.1, 0.15) is 0 Å². The van der Waals surface area contributed by atoms with E-state index in [0.717, 1.165) is 0 Å². The summed E-state index contributed by atoms with van der Waals surface area (Å²) in [6, 6.07) is 4.90. The number of methoxy groups -OCH3 is 1. The van der Waals surface area contributed by atoms with Gasteiger partial charge in [-0.15, -0.1) is 0 Å². The van der Waals surface area contributed by atoms with Crippen LogP contribution in [0.2, 0.25) is 0 Å². The van der Waals surface area contributed by atoms with Gasteiger partial charge in [0.15, 0.2) is 17.3 Å². The Morgan fingerprint density at radius 1 is 1.21 bits per heavy atom. The first-order chi connectivity index (χ1) is 8.70. The number of hydrogen-bond donors (Lipinski definition) is 2. The number of ether oxygens (including phenoxy) is 1. The first-order valence-electron chi connectivity index (χ1n) is 6.17. The number of benzene rings is 1. The van der Waals surface area contributed by atoms with Gasteiger partial charge in [-0.3, -0.25) is 10.2 Å². The minimum atomic E-state index is -0.506. The van der Waals surface area contributed by atoms with Crippen molar-refractivity contribution in [3.63, 3.8) is 0 Å². The number of hydrogen-bond acceptors (Lipinski definition) is 5. The summed E-state index contributed by atoms with van der Waals surface area (Å²) in [6.45, 7) is 7.81. The number of rotatable bonds is 2. The molecular weight excluding hydrogens is 244 g/mol. The van der Waals surface area contributed by atoms with Gasteiger partial charge in [-0.2, -0.15) is 0 Å². The predicted molar refractivity (Wildman–Crippen MR) is 73.0 cm³/mol. The third kappa shape index (κ3) is 1.94. The molecule has 1 aliphatic rings. The Kier molecular flexibility index (Phi) is 2.97. The fourth-order valence-electron chi connectivity index (χ4n) is 1.98. The van der Waals surface area contributed by atoms with Gasteiger partial charge in [0.2, 0.25) is 0 Å². The lowest BCUT2D eigenvalue weighted by Crippen LogP contribution is -2.51. The van der Waals surface area contributed by atoms with Gasteiger partial charge in [0.05, 0.1) is 18.2 Å². The third-order valence-corrected chi connectivity index (χ3v) is 4.05. The van der Waals surface area contributed by atoms with E-state index in [1.54, 1.807) is 12.1 Å². The molecule has 0 saturated carbocycles. The Morgan fingerprint density at radius 3 is 2.32 bits per heavy atom. The summed E-state index contributed by atoms with van der Waals surface area (Å²) >= 11 is 0. The predicted octanol–water partition coefficient (Wildman–Crippen LogP) is 2.41. The van der Waals surface area contributed by atoms with Crippen LogP contribution in [0.25, 0.3) is 0 Å². The summed E-state index contributed by atoms with van der Waals surface area (Å²) in [4.78, 5) is 4.58. The van der Waals surface area contributed by atoms with E-state index in [2.05, 4.69) is 4.99 Å². The number of aliphatic imine (C=N–C) groups is 1. The Bertz CT molecular complexity index is 535. The average Bonchev–Trinajstić information content (AvgIpc) is 2.50. The highest BCUT2D eigenvalue weighted by Gasteiger charge is 2.49. The van der Waals surface area contributed by atoms with Gasteiger partial charge in [-0.25, -0.2) is 5.06 Å².